The van der Waals surface area contributed by atoms with Crippen molar-refractivity contribution in [3.8, 4) is 0 Å². The van der Waals surface area contributed by atoms with Crippen LogP contribution in [0, 0.1) is 0 Å². The van der Waals surface area contributed by atoms with Crippen LogP contribution in [0.15, 0.2) is 48.5 Å². The van der Waals surface area contributed by atoms with Crippen LogP contribution in [-0.2, 0) is 16.8 Å². The summed E-state index contributed by atoms with van der Waals surface area (Å²) >= 11 is 0. The van der Waals surface area contributed by atoms with Gasteiger partial charge in [-0.3, -0.25) is 5.32 Å². The molecule has 1 unspecified atom stereocenters. The van der Waals surface area contributed by atoms with E-state index >= 15 is 0 Å². The normalized spacial score (nSPS) is 19.3. The molecule has 0 aliphatic heterocycles. The maximum atomic E-state index is 10.2. The largest absolute Gasteiger partial charge is 0.394 e. The van der Waals surface area contributed by atoms with Crippen molar-refractivity contribution >= 4 is 0 Å². The van der Waals surface area contributed by atoms with Crippen molar-refractivity contribution in [1.82, 2.24) is 5.32 Å². The smallest absolute Gasteiger partial charge is 0.0908 e. The monoisotopic (exact) mass is 351 g/mol. The topological polar surface area (TPSA) is 41.5 Å². The van der Waals surface area contributed by atoms with Gasteiger partial charge in [0.2, 0.25) is 0 Å². The fourth-order valence-electron chi connectivity index (χ4n) is 3.95. The summed E-state index contributed by atoms with van der Waals surface area (Å²) in [5, 5.41) is 13.8. The van der Waals surface area contributed by atoms with Crippen LogP contribution in [0.2, 0.25) is 0 Å². The Morgan fingerprint density at radius 1 is 1.00 bits per heavy atom. The van der Waals surface area contributed by atoms with Crippen LogP contribution in [0.4, 0.5) is 0 Å². The minimum Gasteiger partial charge on any atom is -0.394 e. The summed E-state index contributed by atoms with van der Waals surface area (Å²) in [6.07, 6.45) is 5.38. The van der Waals surface area contributed by atoms with Crippen LogP contribution in [0.1, 0.15) is 59.8 Å². The van der Waals surface area contributed by atoms with E-state index in [0.717, 1.165) is 23.9 Å². The lowest BCUT2D eigenvalue weighted by molar-refractivity contribution is 0.0592. The highest BCUT2D eigenvalue weighted by molar-refractivity contribution is 5.41. The Labute approximate surface area is 156 Å². The summed E-state index contributed by atoms with van der Waals surface area (Å²) in [6.45, 7) is 1.16. The first-order valence-electron chi connectivity index (χ1n) is 9.79. The molecule has 2 aromatic carbocycles. The highest BCUT2D eigenvalue weighted by atomic mass is 16.5. The van der Waals surface area contributed by atoms with Crippen LogP contribution in [0.3, 0.4) is 0 Å². The maximum Gasteiger partial charge on any atom is 0.0908 e. The first-order chi connectivity index (χ1) is 12.8. The zero-order chi connectivity index (χ0) is 18.0. The summed E-state index contributed by atoms with van der Waals surface area (Å²) in [7, 11) is 1.69. The second-order valence-corrected chi connectivity index (χ2v) is 7.90. The molecule has 2 aliphatic carbocycles. The summed E-state index contributed by atoms with van der Waals surface area (Å²) < 4.78 is 5.45. The molecule has 2 saturated carbocycles. The number of ether oxygens (including phenoxy) is 1. The molecule has 3 nitrogen and oxygen atoms in total. The lowest BCUT2D eigenvalue weighted by Gasteiger charge is -2.33. The molecule has 0 saturated heterocycles. The Morgan fingerprint density at radius 2 is 1.69 bits per heavy atom. The summed E-state index contributed by atoms with van der Waals surface area (Å²) in [5.41, 5.74) is 4.94. The van der Waals surface area contributed by atoms with Crippen molar-refractivity contribution in [1.29, 1.82) is 0 Å². The Kier molecular flexibility index (Phi) is 5.12. The van der Waals surface area contributed by atoms with E-state index in [0.29, 0.717) is 6.61 Å². The van der Waals surface area contributed by atoms with Gasteiger partial charge in [0, 0.05) is 13.7 Å². The number of hydrogen-bond donors (Lipinski definition) is 2. The van der Waals surface area contributed by atoms with Gasteiger partial charge in [-0.1, -0.05) is 48.5 Å². The van der Waals surface area contributed by atoms with E-state index in [-0.39, 0.29) is 6.61 Å². The third-order valence-electron chi connectivity index (χ3n) is 5.80. The van der Waals surface area contributed by atoms with Gasteiger partial charge in [-0.15, -0.1) is 0 Å². The highest BCUT2D eigenvalue weighted by Gasteiger charge is 2.34. The number of benzene rings is 2. The molecule has 3 heteroatoms. The Balaban J connectivity index is 1.55. The third-order valence-corrected chi connectivity index (χ3v) is 5.80. The third kappa shape index (κ3) is 3.71. The molecule has 0 heterocycles. The van der Waals surface area contributed by atoms with E-state index in [4.69, 9.17) is 4.74 Å². The van der Waals surface area contributed by atoms with Crippen molar-refractivity contribution in [2.75, 3.05) is 20.3 Å². The van der Waals surface area contributed by atoms with Crippen molar-refractivity contribution in [3.63, 3.8) is 0 Å². The minimum absolute atomic E-state index is 0.000489. The van der Waals surface area contributed by atoms with Crippen molar-refractivity contribution < 1.29 is 9.84 Å². The zero-order valence-corrected chi connectivity index (χ0v) is 15.6. The van der Waals surface area contributed by atoms with Crippen molar-refractivity contribution in [3.05, 3.63) is 70.8 Å². The zero-order valence-electron chi connectivity index (χ0n) is 15.6. The molecular formula is C23H29NO2. The van der Waals surface area contributed by atoms with Crippen LogP contribution < -0.4 is 5.32 Å². The predicted molar refractivity (Wildman–Crippen MR) is 104 cm³/mol. The molecule has 0 bridgehead atoms. The predicted octanol–water partition coefficient (Wildman–Crippen LogP) is 4.07. The molecule has 0 amide bonds. The van der Waals surface area contributed by atoms with E-state index in [1.165, 1.54) is 31.2 Å². The number of methoxy groups -OCH3 is 1. The summed E-state index contributed by atoms with van der Waals surface area (Å²) in [6, 6.07) is 17.1. The molecule has 26 heavy (non-hydrogen) atoms. The molecule has 2 N–H and O–H groups in total. The molecule has 2 fully saturated rings. The Bertz CT molecular complexity index is 737. The lowest BCUT2D eigenvalue weighted by atomic mass is 9.90. The van der Waals surface area contributed by atoms with Crippen LogP contribution in [0.25, 0.3) is 0 Å². The van der Waals surface area contributed by atoms with Gasteiger partial charge in [0.1, 0.15) is 0 Å². The van der Waals surface area contributed by atoms with E-state index in [1.807, 2.05) is 30.3 Å². The SMILES string of the molecule is COCC(CO)(NCc1ccc(C2CC2)c(C2CC2)c1)c1ccccc1. The molecule has 4 rings (SSSR count). The minimum atomic E-state index is -0.578. The number of hydrogen-bond acceptors (Lipinski definition) is 3. The van der Waals surface area contributed by atoms with Gasteiger partial charge in [0.05, 0.1) is 18.8 Å². The van der Waals surface area contributed by atoms with Crippen LogP contribution in [0.5, 0.6) is 0 Å². The number of aliphatic hydroxyl groups is 1. The van der Waals surface area contributed by atoms with Gasteiger partial charge >= 0.3 is 0 Å². The van der Waals surface area contributed by atoms with E-state index < -0.39 is 5.54 Å². The highest BCUT2D eigenvalue weighted by Crippen LogP contribution is 2.49. The van der Waals surface area contributed by atoms with Crippen LogP contribution >= 0.6 is 0 Å². The summed E-state index contributed by atoms with van der Waals surface area (Å²) in [4.78, 5) is 0. The molecule has 0 spiro atoms. The number of nitrogens with one attached hydrogen (secondary N) is 1. The van der Waals surface area contributed by atoms with E-state index in [9.17, 15) is 5.11 Å². The van der Waals surface area contributed by atoms with E-state index in [1.54, 1.807) is 18.2 Å². The first kappa shape index (κ1) is 17.7. The van der Waals surface area contributed by atoms with Gasteiger partial charge in [-0.25, -0.2) is 0 Å². The number of aliphatic hydroxyl groups excluding tert-OH is 1. The first-order valence-corrected chi connectivity index (χ1v) is 9.79. The molecule has 1 atom stereocenters. The number of rotatable bonds is 9. The standard InChI is InChI=1S/C23H29NO2/c1-26-16-23(15-25,20-5-3-2-4-6-20)24-14-17-7-12-21(18-8-9-18)22(13-17)19-10-11-19/h2-7,12-13,18-19,24-25H,8-11,14-16H2,1H3. The van der Waals surface area contributed by atoms with Gasteiger partial charge < -0.3 is 9.84 Å². The second kappa shape index (κ2) is 7.51. The fraction of sp³-hybridized carbons (Fsp3) is 0.478. The van der Waals surface area contributed by atoms with Gasteiger partial charge in [0.25, 0.3) is 0 Å². The van der Waals surface area contributed by atoms with Gasteiger partial charge in [-0.2, -0.15) is 0 Å². The molecule has 138 valence electrons. The van der Waals surface area contributed by atoms with Gasteiger partial charge in [-0.05, 0) is 59.8 Å². The maximum absolute atomic E-state index is 10.2. The van der Waals surface area contributed by atoms with Crippen molar-refractivity contribution in [2.45, 2.75) is 49.6 Å². The molecule has 2 aromatic rings. The molecule has 0 aromatic heterocycles. The molecular weight excluding hydrogens is 322 g/mol. The summed E-state index contributed by atoms with van der Waals surface area (Å²) in [5.74, 6) is 1.59. The fourth-order valence-corrected chi connectivity index (χ4v) is 3.95. The average molecular weight is 351 g/mol. The molecule has 2 aliphatic rings. The second-order valence-electron chi connectivity index (χ2n) is 7.90. The quantitative estimate of drug-likeness (QED) is 0.716. The van der Waals surface area contributed by atoms with E-state index in [2.05, 4.69) is 23.5 Å². The Hall–Kier alpha value is -1.68. The molecule has 0 radical (unpaired) electrons. The Morgan fingerprint density at radius 3 is 2.31 bits per heavy atom. The van der Waals surface area contributed by atoms with Crippen LogP contribution in [-0.4, -0.2) is 25.4 Å². The van der Waals surface area contributed by atoms with Gasteiger partial charge in [0.15, 0.2) is 0 Å². The van der Waals surface area contributed by atoms with Crippen molar-refractivity contribution in [2.24, 2.45) is 0 Å². The lowest BCUT2D eigenvalue weighted by Crippen LogP contribution is -2.48. The average Bonchev–Trinajstić information content (AvgIpc) is 3.59.